The fourth-order valence-corrected chi connectivity index (χ4v) is 4.30. The molecule has 8 nitrogen and oxygen atoms in total. The molecule has 2 aliphatic rings. The van der Waals surface area contributed by atoms with Crippen LogP contribution in [0.1, 0.15) is 31.5 Å². The van der Waals surface area contributed by atoms with Crippen molar-refractivity contribution >= 4 is 17.3 Å². The zero-order valence-electron chi connectivity index (χ0n) is 17.1. The minimum absolute atomic E-state index is 0.541. The van der Waals surface area contributed by atoms with E-state index in [1.807, 2.05) is 43.4 Å². The molecule has 0 spiro atoms. The molecule has 0 atom stereocenters. The maximum Gasteiger partial charge on any atom is 0.160 e. The number of hydrogen-bond acceptors (Lipinski definition) is 7. The highest BCUT2D eigenvalue weighted by Gasteiger charge is 2.36. The summed E-state index contributed by atoms with van der Waals surface area (Å²) in [6.07, 6.45) is 8.58. The van der Waals surface area contributed by atoms with Crippen LogP contribution in [-0.2, 0) is 6.54 Å². The molecule has 8 heteroatoms. The number of anilines is 2. The molecular weight excluding hydrogens is 364 g/mol. The van der Waals surface area contributed by atoms with Gasteiger partial charge in [0.05, 0.1) is 6.54 Å². The minimum atomic E-state index is 0.541. The molecule has 3 aromatic rings. The molecule has 0 radical (unpaired) electrons. The molecule has 0 unspecified atom stereocenters. The van der Waals surface area contributed by atoms with Crippen molar-refractivity contribution in [3.05, 3.63) is 42.6 Å². The van der Waals surface area contributed by atoms with Crippen molar-refractivity contribution in [1.29, 1.82) is 0 Å². The molecule has 5 rings (SSSR count). The summed E-state index contributed by atoms with van der Waals surface area (Å²) in [7, 11) is 4.06. The zero-order valence-corrected chi connectivity index (χ0v) is 17.1. The number of nitrogens with zero attached hydrogens (tertiary/aromatic N) is 8. The van der Waals surface area contributed by atoms with E-state index in [1.54, 1.807) is 6.33 Å². The van der Waals surface area contributed by atoms with Gasteiger partial charge in [0.1, 0.15) is 18.0 Å². The van der Waals surface area contributed by atoms with Crippen LogP contribution in [0.2, 0.25) is 0 Å². The summed E-state index contributed by atoms with van der Waals surface area (Å²) in [5.41, 5.74) is 0.915. The Morgan fingerprint density at radius 1 is 0.966 bits per heavy atom. The topological polar surface area (TPSA) is 65.7 Å². The van der Waals surface area contributed by atoms with E-state index in [-0.39, 0.29) is 0 Å². The summed E-state index contributed by atoms with van der Waals surface area (Å²) in [4.78, 5) is 16.1. The Morgan fingerprint density at radius 2 is 1.72 bits per heavy atom. The monoisotopic (exact) mass is 392 g/mol. The van der Waals surface area contributed by atoms with Crippen LogP contribution >= 0.6 is 0 Å². The SMILES string of the molecule is CN(C)c1cc(N(C2CC2)C2CCN(Cc3nnc4ccccn34)CC2)ncn1. The van der Waals surface area contributed by atoms with Crippen LogP contribution in [-0.4, -0.2) is 68.7 Å². The predicted octanol–water partition coefficient (Wildman–Crippen LogP) is 2.22. The first kappa shape index (κ1) is 18.3. The second-order valence-electron chi connectivity index (χ2n) is 8.32. The van der Waals surface area contributed by atoms with E-state index in [0.717, 1.165) is 55.6 Å². The number of fused-ring (bicyclic) bond motifs is 1. The van der Waals surface area contributed by atoms with Gasteiger partial charge in [-0.1, -0.05) is 6.07 Å². The molecule has 0 N–H and O–H groups in total. The fraction of sp³-hybridized carbons (Fsp3) is 0.524. The van der Waals surface area contributed by atoms with E-state index in [2.05, 4.69) is 40.4 Å². The van der Waals surface area contributed by atoms with Gasteiger partial charge in [-0.2, -0.15) is 0 Å². The highest BCUT2D eigenvalue weighted by atomic mass is 15.3. The maximum absolute atomic E-state index is 4.63. The molecule has 1 aliphatic heterocycles. The molecule has 0 amide bonds. The van der Waals surface area contributed by atoms with Gasteiger partial charge < -0.3 is 9.80 Å². The van der Waals surface area contributed by atoms with E-state index in [1.165, 1.54) is 12.8 Å². The molecule has 1 saturated carbocycles. The Bertz CT molecular complexity index is 971. The molecule has 1 saturated heterocycles. The first-order valence-electron chi connectivity index (χ1n) is 10.5. The average Bonchev–Trinajstić information content (AvgIpc) is 3.50. The molecule has 29 heavy (non-hydrogen) atoms. The second kappa shape index (κ2) is 7.59. The Balaban J connectivity index is 1.27. The lowest BCUT2D eigenvalue weighted by Crippen LogP contribution is -2.46. The van der Waals surface area contributed by atoms with Gasteiger partial charge in [0.15, 0.2) is 11.5 Å². The standard InChI is InChI=1S/C21H28N8/c1-26(2)19-13-20(23-15-22-19)29(16-6-7-16)17-8-11-27(12-9-17)14-21-25-24-18-5-3-4-10-28(18)21/h3-5,10,13,15-17H,6-9,11-12,14H2,1-2H3. The smallest absolute Gasteiger partial charge is 0.160 e. The third-order valence-corrected chi connectivity index (χ3v) is 6.00. The van der Waals surface area contributed by atoms with Gasteiger partial charge in [-0.15, -0.1) is 10.2 Å². The molecule has 4 heterocycles. The van der Waals surface area contributed by atoms with E-state index >= 15 is 0 Å². The Hall–Kier alpha value is -2.74. The highest BCUT2D eigenvalue weighted by Crippen LogP contribution is 2.36. The second-order valence-corrected chi connectivity index (χ2v) is 8.32. The van der Waals surface area contributed by atoms with E-state index in [4.69, 9.17) is 0 Å². The van der Waals surface area contributed by atoms with Crippen molar-refractivity contribution in [3.63, 3.8) is 0 Å². The third kappa shape index (κ3) is 3.76. The molecule has 0 aromatic carbocycles. The van der Waals surface area contributed by atoms with E-state index in [9.17, 15) is 0 Å². The average molecular weight is 393 g/mol. The first-order chi connectivity index (χ1) is 14.2. The van der Waals surface area contributed by atoms with E-state index < -0.39 is 0 Å². The molecule has 3 aromatic heterocycles. The lowest BCUT2D eigenvalue weighted by Gasteiger charge is -2.39. The Kier molecular flexibility index (Phi) is 4.79. The van der Waals surface area contributed by atoms with Crippen LogP contribution in [0.15, 0.2) is 36.8 Å². The third-order valence-electron chi connectivity index (χ3n) is 6.00. The molecule has 2 fully saturated rings. The molecule has 0 bridgehead atoms. The van der Waals surface area contributed by atoms with E-state index in [0.29, 0.717) is 12.1 Å². The summed E-state index contributed by atoms with van der Waals surface area (Å²) in [6, 6.07) is 9.34. The number of hydrogen-bond donors (Lipinski definition) is 0. The van der Waals surface area contributed by atoms with Crippen LogP contribution < -0.4 is 9.80 Å². The van der Waals surface area contributed by atoms with Gasteiger partial charge in [0, 0.05) is 51.5 Å². The summed E-state index contributed by atoms with van der Waals surface area (Å²) < 4.78 is 2.09. The molecular formula is C21H28N8. The van der Waals surface area contributed by atoms with Gasteiger partial charge in [-0.3, -0.25) is 9.30 Å². The van der Waals surface area contributed by atoms with Crippen molar-refractivity contribution in [3.8, 4) is 0 Å². The van der Waals surface area contributed by atoms with Crippen LogP contribution in [0.5, 0.6) is 0 Å². The van der Waals surface area contributed by atoms with Crippen molar-refractivity contribution < 1.29 is 0 Å². The van der Waals surface area contributed by atoms with Gasteiger partial charge in [0.2, 0.25) is 0 Å². The van der Waals surface area contributed by atoms with Crippen LogP contribution in [0, 0.1) is 0 Å². The predicted molar refractivity (Wildman–Crippen MR) is 113 cm³/mol. The van der Waals surface area contributed by atoms with Crippen molar-refractivity contribution in [2.75, 3.05) is 37.0 Å². The summed E-state index contributed by atoms with van der Waals surface area (Å²) in [6.45, 7) is 2.99. The normalized spacial score (nSPS) is 18.3. The van der Waals surface area contributed by atoms with Crippen molar-refractivity contribution in [1.82, 2.24) is 29.5 Å². The van der Waals surface area contributed by atoms with Crippen LogP contribution in [0.3, 0.4) is 0 Å². The molecule has 152 valence electrons. The number of pyridine rings is 1. The number of aromatic nitrogens is 5. The van der Waals surface area contributed by atoms with Crippen LogP contribution in [0.4, 0.5) is 11.6 Å². The first-order valence-corrected chi connectivity index (χ1v) is 10.5. The number of likely N-dealkylation sites (tertiary alicyclic amines) is 1. The molecule has 1 aliphatic carbocycles. The van der Waals surface area contributed by atoms with Crippen molar-refractivity contribution in [2.24, 2.45) is 0 Å². The number of piperidine rings is 1. The van der Waals surface area contributed by atoms with Crippen molar-refractivity contribution in [2.45, 2.75) is 44.3 Å². The number of rotatable bonds is 6. The van der Waals surface area contributed by atoms with Gasteiger partial charge in [-0.25, -0.2) is 9.97 Å². The van der Waals surface area contributed by atoms with Gasteiger partial charge in [-0.05, 0) is 37.8 Å². The van der Waals surface area contributed by atoms with Gasteiger partial charge in [0.25, 0.3) is 0 Å². The zero-order chi connectivity index (χ0) is 19.8. The lowest BCUT2D eigenvalue weighted by atomic mass is 10.0. The summed E-state index contributed by atoms with van der Waals surface area (Å²) in [5, 5.41) is 8.68. The lowest BCUT2D eigenvalue weighted by molar-refractivity contribution is 0.195. The maximum atomic E-state index is 4.63. The van der Waals surface area contributed by atoms with Crippen LogP contribution in [0.25, 0.3) is 5.65 Å². The largest absolute Gasteiger partial charge is 0.363 e. The Morgan fingerprint density at radius 3 is 2.48 bits per heavy atom. The summed E-state index contributed by atoms with van der Waals surface area (Å²) in [5.74, 6) is 3.06. The summed E-state index contributed by atoms with van der Waals surface area (Å²) >= 11 is 0. The quantitative estimate of drug-likeness (QED) is 0.637. The Labute approximate surface area is 171 Å². The van der Waals surface area contributed by atoms with Gasteiger partial charge >= 0.3 is 0 Å². The minimum Gasteiger partial charge on any atom is -0.363 e. The highest BCUT2D eigenvalue weighted by molar-refractivity contribution is 5.51. The fourth-order valence-electron chi connectivity index (χ4n) is 4.30.